The minimum absolute atomic E-state index is 0.561. The van der Waals surface area contributed by atoms with Crippen molar-refractivity contribution in [2.45, 2.75) is 6.92 Å². The molecule has 0 aliphatic heterocycles. The minimum Gasteiger partial charge on any atom is -0.429 e. The molecule has 0 unspecified atom stereocenters. The Balaban J connectivity index is 1.96. The van der Waals surface area contributed by atoms with Crippen molar-refractivity contribution in [1.82, 2.24) is 4.98 Å². The molecule has 5 heteroatoms. The highest BCUT2D eigenvalue weighted by atomic mass is 35.5. The zero-order valence-corrected chi connectivity index (χ0v) is 11.8. The molecule has 0 aliphatic carbocycles. The number of rotatable bonds is 2. The van der Waals surface area contributed by atoms with E-state index in [0.717, 1.165) is 21.5 Å². The topological polar surface area (TPSA) is 48.1 Å². The molecule has 0 radical (unpaired) electrons. The maximum atomic E-state index is 6.14. The molecule has 0 spiro atoms. The summed E-state index contributed by atoms with van der Waals surface area (Å²) in [7, 11) is 0. The molecule has 3 aromatic rings. The summed E-state index contributed by atoms with van der Waals surface area (Å²) in [5.74, 6) is 0.610. The number of aromatic nitrogens is 1. The van der Waals surface area contributed by atoms with Crippen molar-refractivity contribution in [2.75, 3.05) is 5.73 Å². The van der Waals surface area contributed by atoms with Gasteiger partial charge in [0.25, 0.3) is 5.19 Å². The molecule has 0 fully saturated rings. The monoisotopic (exact) mass is 290 g/mol. The van der Waals surface area contributed by atoms with Gasteiger partial charge in [-0.15, -0.1) is 0 Å². The Hall–Kier alpha value is -1.78. The van der Waals surface area contributed by atoms with Gasteiger partial charge >= 0.3 is 0 Å². The van der Waals surface area contributed by atoms with Gasteiger partial charge in [0.1, 0.15) is 5.75 Å². The predicted octanol–water partition coefficient (Wildman–Crippen LogP) is 4.63. The fraction of sp³-hybridized carbons (Fsp3) is 0.0714. The highest BCUT2D eigenvalue weighted by Gasteiger charge is 2.08. The number of nitrogens with zero attached hydrogens (tertiary/aromatic N) is 1. The first-order valence-corrected chi connectivity index (χ1v) is 6.91. The summed E-state index contributed by atoms with van der Waals surface area (Å²) in [5, 5.41) is 1.14. The zero-order chi connectivity index (χ0) is 13.4. The maximum Gasteiger partial charge on any atom is 0.279 e. The molecule has 19 heavy (non-hydrogen) atoms. The van der Waals surface area contributed by atoms with E-state index in [2.05, 4.69) is 4.98 Å². The van der Waals surface area contributed by atoms with Crippen molar-refractivity contribution in [3.05, 3.63) is 47.0 Å². The van der Waals surface area contributed by atoms with Gasteiger partial charge in [-0.1, -0.05) is 29.0 Å². The molecule has 2 aromatic carbocycles. The Bertz CT molecular complexity index is 754. The van der Waals surface area contributed by atoms with Crippen LogP contribution in [0.25, 0.3) is 10.2 Å². The van der Waals surface area contributed by atoms with Crippen molar-refractivity contribution in [3.63, 3.8) is 0 Å². The van der Waals surface area contributed by atoms with Gasteiger partial charge in [0.05, 0.1) is 15.2 Å². The first-order valence-electron chi connectivity index (χ1n) is 5.72. The Morgan fingerprint density at radius 1 is 1.21 bits per heavy atom. The number of ether oxygens (including phenoxy) is 1. The van der Waals surface area contributed by atoms with Crippen LogP contribution in [0.2, 0.25) is 5.02 Å². The number of benzene rings is 2. The lowest BCUT2D eigenvalue weighted by molar-refractivity contribution is 0.480. The lowest BCUT2D eigenvalue weighted by Gasteiger charge is -2.04. The fourth-order valence-electron chi connectivity index (χ4n) is 1.75. The number of fused-ring (bicyclic) bond motifs is 1. The van der Waals surface area contributed by atoms with Crippen LogP contribution in [0.1, 0.15) is 5.56 Å². The number of aryl methyl sites for hydroxylation is 1. The second-order valence-electron chi connectivity index (χ2n) is 4.24. The van der Waals surface area contributed by atoms with Crippen molar-refractivity contribution >= 4 is 38.8 Å². The molecular formula is C14H11ClN2OS. The minimum atomic E-state index is 0.561. The molecule has 0 saturated heterocycles. The number of nitrogen functional groups attached to an aromatic ring is 1. The molecule has 3 rings (SSSR count). The summed E-state index contributed by atoms with van der Waals surface area (Å²) < 4.78 is 6.72. The van der Waals surface area contributed by atoms with E-state index < -0.39 is 0 Å². The number of anilines is 1. The first kappa shape index (κ1) is 12.3. The van der Waals surface area contributed by atoms with Crippen LogP contribution in [0.5, 0.6) is 10.9 Å². The van der Waals surface area contributed by atoms with Crippen LogP contribution < -0.4 is 10.5 Å². The second-order valence-corrected chi connectivity index (χ2v) is 5.64. The number of hydrogen-bond acceptors (Lipinski definition) is 4. The molecule has 0 atom stereocenters. The molecule has 0 bridgehead atoms. The average molecular weight is 291 g/mol. The van der Waals surface area contributed by atoms with Crippen LogP contribution >= 0.6 is 22.9 Å². The predicted molar refractivity (Wildman–Crippen MR) is 80.3 cm³/mol. The second kappa shape index (κ2) is 4.72. The van der Waals surface area contributed by atoms with Gasteiger partial charge < -0.3 is 10.5 Å². The number of hydrogen-bond donors (Lipinski definition) is 1. The third-order valence-electron chi connectivity index (χ3n) is 2.68. The van der Waals surface area contributed by atoms with Gasteiger partial charge in [-0.2, -0.15) is 0 Å². The molecule has 1 aromatic heterocycles. The molecule has 2 N–H and O–H groups in total. The molecule has 0 aliphatic rings. The van der Waals surface area contributed by atoms with E-state index in [1.165, 1.54) is 11.3 Å². The van der Waals surface area contributed by atoms with Gasteiger partial charge in [-0.05, 0) is 42.8 Å². The summed E-state index contributed by atoms with van der Waals surface area (Å²) in [6.07, 6.45) is 0. The third-order valence-corrected chi connectivity index (χ3v) is 3.87. The van der Waals surface area contributed by atoms with E-state index in [1.54, 1.807) is 0 Å². The van der Waals surface area contributed by atoms with Crippen LogP contribution in [0.15, 0.2) is 36.4 Å². The Kier molecular flexibility index (Phi) is 3.05. The van der Waals surface area contributed by atoms with Crippen molar-refractivity contribution in [1.29, 1.82) is 0 Å². The third kappa shape index (κ3) is 2.50. The maximum absolute atomic E-state index is 6.14. The van der Waals surface area contributed by atoms with Crippen molar-refractivity contribution < 1.29 is 4.74 Å². The fourth-order valence-corrected chi connectivity index (χ4v) is 2.90. The average Bonchev–Trinajstić information content (AvgIpc) is 2.74. The van der Waals surface area contributed by atoms with Gasteiger partial charge in [-0.3, -0.25) is 0 Å². The van der Waals surface area contributed by atoms with E-state index in [9.17, 15) is 0 Å². The summed E-state index contributed by atoms with van der Waals surface area (Å²) in [4.78, 5) is 4.39. The number of thiazole rings is 1. The van der Waals surface area contributed by atoms with Gasteiger partial charge in [0.2, 0.25) is 0 Å². The standard InChI is InChI=1S/C14H11ClN2OS/c1-8-2-5-12(10(15)6-8)18-14-17-11-4-3-9(16)7-13(11)19-14/h2-7H,16H2,1H3. The smallest absolute Gasteiger partial charge is 0.279 e. The highest BCUT2D eigenvalue weighted by molar-refractivity contribution is 7.20. The van der Waals surface area contributed by atoms with E-state index in [-0.39, 0.29) is 0 Å². The number of halogens is 1. The van der Waals surface area contributed by atoms with Crippen LogP contribution in [0.4, 0.5) is 5.69 Å². The van der Waals surface area contributed by atoms with E-state index in [4.69, 9.17) is 22.1 Å². The van der Waals surface area contributed by atoms with Crippen molar-refractivity contribution in [3.8, 4) is 10.9 Å². The molecule has 0 saturated carbocycles. The summed E-state index contributed by atoms with van der Waals surface area (Å²) >= 11 is 7.58. The van der Waals surface area contributed by atoms with E-state index in [0.29, 0.717) is 16.0 Å². The van der Waals surface area contributed by atoms with Crippen molar-refractivity contribution in [2.24, 2.45) is 0 Å². The molecule has 1 heterocycles. The lowest BCUT2D eigenvalue weighted by Crippen LogP contribution is -1.85. The quantitative estimate of drug-likeness (QED) is 0.700. The van der Waals surface area contributed by atoms with E-state index in [1.807, 2.05) is 43.3 Å². The SMILES string of the molecule is Cc1ccc(Oc2nc3ccc(N)cc3s2)c(Cl)c1. The highest BCUT2D eigenvalue weighted by Crippen LogP contribution is 2.35. The summed E-state index contributed by atoms with van der Waals surface area (Å²) in [6, 6.07) is 11.2. The van der Waals surface area contributed by atoms with Gasteiger partial charge in [0.15, 0.2) is 0 Å². The molecule has 0 amide bonds. The van der Waals surface area contributed by atoms with Crippen LogP contribution in [-0.2, 0) is 0 Å². The molecule has 96 valence electrons. The Morgan fingerprint density at radius 2 is 2.05 bits per heavy atom. The van der Waals surface area contributed by atoms with E-state index >= 15 is 0 Å². The van der Waals surface area contributed by atoms with Crippen LogP contribution in [0.3, 0.4) is 0 Å². The van der Waals surface area contributed by atoms with Gasteiger partial charge in [0, 0.05) is 5.69 Å². The van der Waals surface area contributed by atoms with Crippen LogP contribution in [0, 0.1) is 6.92 Å². The summed E-state index contributed by atoms with van der Waals surface area (Å²) in [6.45, 7) is 1.98. The normalized spacial score (nSPS) is 10.8. The first-order chi connectivity index (χ1) is 9.11. The molecular weight excluding hydrogens is 280 g/mol. The van der Waals surface area contributed by atoms with Crippen LogP contribution in [-0.4, -0.2) is 4.98 Å². The Labute approximate surface area is 119 Å². The Morgan fingerprint density at radius 3 is 2.84 bits per heavy atom. The molecule has 3 nitrogen and oxygen atoms in total. The number of nitrogens with two attached hydrogens (primary N) is 1. The lowest BCUT2D eigenvalue weighted by atomic mass is 10.2. The van der Waals surface area contributed by atoms with Gasteiger partial charge in [-0.25, -0.2) is 4.98 Å². The zero-order valence-electron chi connectivity index (χ0n) is 10.2. The summed E-state index contributed by atoms with van der Waals surface area (Å²) in [5.41, 5.74) is 8.43. The largest absolute Gasteiger partial charge is 0.429 e.